The van der Waals surface area contributed by atoms with Gasteiger partial charge in [-0.3, -0.25) is 0 Å². The van der Waals surface area contributed by atoms with E-state index in [0.717, 1.165) is 8.95 Å². The van der Waals surface area contributed by atoms with Crippen LogP contribution >= 0.6 is 31.9 Å². The predicted octanol–water partition coefficient (Wildman–Crippen LogP) is 4.84. The van der Waals surface area contributed by atoms with E-state index in [1.807, 2.05) is 36.4 Å². The smallest absolute Gasteiger partial charge is 0.170 e. The Morgan fingerprint density at radius 1 is 0.452 bits per heavy atom. The molecule has 0 spiro atoms. The maximum absolute atomic E-state index is 6.17. The van der Waals surface area contributed by atoms with E-state index in [-0.39, 0.29) is 0 Å². The standard InChI is InChI=1S/C22H26Br2O7/c23-17-1-3-19-21(15-17)31-22-16-18(24)2-4-20(22)30-14-12-28-10-8-26-6-5-25-7-9-27-11-13-29-19/h1-4,15-16H,5-14H2. The van der Waals surface area contributed by atoms with Crippen LogP contribution in [-0.2, 0) is 18.9 Å². The van der Waals surface area contributed by atoms with Crippen LogP contribution < -0.4 is 14.2 Å². The molecule has 0 amide bonds. The van der Waals surface area contributed by atoms with E-state index < -0.39 is 0 Å². The third-order valence-electron chi connectivity index (χ3n) is 4.12. The van der Waals surface area contributed by atoms with E-state index in [0.29, 0.717) is 89.1 Å². The summed E-state index contributed by atoms with van der Waals surface area (Å²) in [6.45, 7) is 4.72. The Morgan fingerprint density at radius 2 is 0.806 bits per heavy atom. The van der Waals surface area contributed by atoms with Gasteiger partial charge >= 0.3 is 0 Å². The number of rotatable bonds is 0. The van der Waals surface area contributed by atoms with Crippen LogP contribution in [0.25, 0.3) is 0 Å². The Morgan fingerprint density at radius 3 is 1.19 bits per heavy atom. The van der Waals surface area contributed by atoms with Crippen molar-refractivity contribution < 1.29 is 33.2 Å². The lowest BCUT2D eigenvalue weighted by atomic mass is 10.3. The average molecular weight is 562 g/mol. The molecule has 1 aliphatic heterocycles. The molecule has 0 aliphatic carbocycles. The van der Waals surface area contributed by atoms with Gasteiger partial charge in [-0.25, -0.2) is 0 Å². The molecule has 170 valence electrons. The summed E-state index contributed by atoms with van der Waals surface area (Å²) in [5, 5.41) is 0. The van der Waals surface area contributed by atoms with Gasteiger partial charge in [0.15, 0.2) is 23.0 Å². The van der Waals surface area contributed by atoms with Crippen LogP contribution in [0.1, 0.15) is 0 Å². The third-order valence-corrected chi connectivity index (χ3v) is 5.10. The van der Waals surface area contributed by atoms with Crippen LogP contribution in [0.3, 0.4) is 0 Å². The fourth-order valence-corrected chi connectivity index (χ4v) is 3.34. The Hall–Kier alpha value is -1.36. The third kappa shape index (κ3) is 8.96. The summed E-state index contributed by atoms with van der Waals surface area (Å²) in [6, 6.07) is 11.2. The number of fused-ring (bicyclic) bond motifs is 2. The van der Waals surface area contributed by atoms with Gasteiger partial charge in [0.2, 0.25) is 0 Å². The van der Waals surface area contributed by atoms with Crippen LogP contribution in [-0.4, -0.2) is 66.1 Å². The molecule has 0 unspecified atom stereocenters. The quantitative estimate of drug-likeness (QED) is 0.456. The van der Waals surface area contributed by atoms with E-state index in [1.165, 1.54) is 0 Å². The molecule has 0 N–H and O–H groups in total. The molecule has 0 fully saturated rings. The second kappa shape index (κ2) is 13.9. The fraction of sp³-hybridized carbons (Fsp3) is 0.455. The van der Waals surface area contributed by atoms with E-state index in [9.17, 15) is 0 Å². The normalized spacial score (nSPS) is 17.6. The highest BCUT2D eigenvalue weighted by Gasteiger charge is 2.13. The maximum Gasteiger partial charge on any atom is 0.170 e. The summed E-state index contributed by atoms with van der Waals surface area (Å²) < 4.78 is 41.7. The number of hydrogen-bond acceptors (Lipinski definition) is 7. The molecule has 0 bridgehead atoms. The van der Waals surface area contributed by atoms with Crippen molar-refractivity contribution >= 4 is 31.9 Å². The van der Waals surface area contributed by atoms with Crippen LogP contribution in [0, 0.1) is 0 Å². The monoisotopic (exact) mass is 560 g/mol. The second-order valence-electron chi connectivity index (χ2n) is 6.43. The number of ether oxygens (including phenoxy) is 7. The fourth-order valence-electron chi connectivity index (χ4n) is 2.66. The van der Waals surface area contributed by atoms with Crippen molar-refractivity contribution in [2.45, 2.75) is 0 Å². The molecule has 0 aromatic heterocycles. The zero-order valence-electron chi connectivity index (χ0n) is 17.1. The van der Waals surface area contributed by atoms with Gasteiger partial charge < -0.3 is 33.2 Å². The van der Waals surface area contributed by atoms with E-state index >= 15 is 0 Å². The molecule has 1 aliphatic rings. The summed E-state index contributed by atoms with van der Waals surface area (Å²) in [5.41, 5.74) is 0. The highest BCUT2D eigenvalue weighted by atomic mass is 79.9. The molecule has 31 heavy (non-hydrogen) atoms. The van der Waals surface area contributed by atoms with Crippen LogP contribution in [0.2, 0.25) is 0 Å². The number of benzene rings is 2. The lowest BCUT2D eigenvalue weighted by Crippen LogP contribution is -2.14. The maximum atomic E-state index is 6.17. The Balaban J connectivity index is 1.71. The first-order valence-corrected chi connectivity index (χ1v) is 11.6. The summed E-state index contributed by atoms with van der Waals surface area (Å²) in [5.74, 6) is 2.36. The molecule has 9 heteroatoms. The van der Waals surface area contributed by atoms with Crippen LogP contribution in [0.15, 0.2) is 45.3 Å². The Kier molecular flexibility index (Phi) is 10.9. The summed E-state index contributed by atoms with van der Waals surface area (Å²) in [6.07, 6.45) is 0. The van der Waals surface area contributed by atoms with Gasteiger partial charge in [0.05, 0.1) is 52.9 Å². The largest absolute Gasteiger partial charge is 0.487 e. The molecule has 7 nitrogen and oxygen atoms in total. The van der Waals surface area contributed by atoms with Crippen molar-refractivity contribution in [2.24, 2.45) is 0 Å². The van der Waals surface area contributed by atoms with E-state index in [1.54, 1.807) is 0 Å². The minimum Gasteiger partial charge on any atom is -0.487 e. The summed E-state index contributed by atoms with van der Waals surface area (Å²) >= 11 is 6.98. The van der Waals surface area contributed by atoms with Gasteiger partial charge in [-0.2, -0.15) is 0 Å². The van der Waals surface area contributed by atoms with Gasteiger partial charge in [-0.15, -0.1) is 0 Å². The molecule has 0 saturated carbocycles. The highest BCUT2D eigenvalue weighted by Crippen LogP contribution is 2.39. The first kappa shape index (κ1) is 24.3. The lowest BCUT2D eigenvalue weighted by molar-refractivity contribution is -0.00694. The van der Waals surface area contributed by atoms with Gasteiger partial charge in [0, 0.05) is 8.95 Å². The van der Waals surface area contributed by atoms with Crippen LogP contribution in [0.4, 0.5) is 0 Å². The molecular formula is C22H26Br2O7. The molecule has 2 aromatic carbocycles. The topological polar surface area (TPSA) is 64.6 Å². The number of hydrogen-bond donors (Lipinski definition) is 0. The molecule has 1 heterocycles. The molecule has 0 saturated heterocycles. The predicted molar refractivity (Wildman–Crippen MR) is 123 cm³/mol. The van der Waals surface area contributed by atoms with E-state index in [4.69, 9.17) is 33.2 Å². The molecule has 0 radical (unpaired) electrons. The second-order valence-corrected chi connectivity index (χ2v) is 8.26. The molecule has 2 aromatic rings. The first-order chi connectivity index (χ1) is 15.2. The van der Waals surface area contributed by atoms with Crippen molar-refractivity contribution in [2.75, 3.05) is 66.1 Å². The van der Waals surface area contributed by atoms with Crippen molar-refractivity contribution in [3.63, 3.8) is 0 Å². The molecular weight excluding hydrogens is 536 g/mol. The lowest BCUT2D eigenvalue weighted by Gasteiger charge is -2.16. The van der Waals surface area contributed by atoms with Gasteiger partial charge in [-0.1, -0.05) is 31.9 Å². The zero-order valence-corrected chi connectivity index (χ0v) is 20.3. The number of halogens is 2. The van der Waals surface area contributed by atoms with Gasteiger partial charge in [-0.05, 0) is 36.4 Å². The average Bonchev–Trinajstić information content (AvgIpc) is 2.75. The molecule has 0 atom stereocenters. The minimum atomic E-state index is 0.389. The van der Waals surface area contributed by atoms with Gasteiger partial charge in [0.25, 0.3) is 0 Å². The van der Waals surface area contributed by atoms with Crippen molar-refractivity contribution in [1.82, 2.24) is 0 Å². The zero-order chi connectivity index (χ0) is 21.7. The Bertz CT molecular complexity index is 738. The SMILES string of the molecule is Brc1ccc2c(c1)Oc1cc(Br)ccc1OCCOCCOCCOCCOCCO2. The summed E-state index contributed by atoms with van der Waals surface area (Å²) in [7, 11) is 0. The summed E-state index contributed by atoms with van der Waals surface area (Å²) in [4.78, 5) is 0. The van der Waals surface area contributed by atoms with Crippen molar-refractivity contribution in [1.29, 1.82) is 0 Å². The highest BCUT2D eigenvalue weighted by molar-refractivity contribution is 9.10. The minimum absolute atomic E-state index is 0.389. The van der Waals surface area contributed by atoms with Crippen molar-refractivity contribution in [3.8, 4) is 23.0 Å². The molecule has 3 rings (SSSR count). The van der Waals surface area contributed by atoms with Gasteiger partial charge in [0.1, 0.15) is 13.2 Å². The van der Waals surface area contributed by atoms with Crippen molar-refractivity contribution in [3.05, 3.63) is 45.3 Å². The Labute approximate surface area is 199 Å². The van der Waals surface area contributed by atoms with Crippen LogP contribution in [0.5, 0.6) is 23.0 Å². The van der Waals surface area contributed by atoms with E-state index in [2.05, 4.69) is 31.9 Å². The first-order valence-electron chi connectivity index (χ1n) is 10.1.